The van der Waals surface area contributed by atoms with Crippen LogP contribution in [0.1, 0.15) is 10.4 Å². The summed E-state index contributed by atoms with van der Waals surface area (Å²) in [7, 11) is 0. The van der Waals surface area contributed by atoms with E-state index in [1.165, 1.54) is 17.4 Å². The van der Waals surface area contributed by atoms with Crippen molar-refractivity contribution < 1.29 is 14.3 Å². The predicted octanol–water partition coefficient (Wildman–Crippen LogP) is 5.02. The minimum Gasteiger partial charge on any atom is -0.452 e. The summed E-state index contributed by atoms with van der Waals surface area (Å²) >= 11 is 10.6. The summed E-state index contributed by atoms with van der Waals surface area (Å²) in [5.74, 6) is -1.12. The van der Waals surface area contributed by atoms with Gasteiger partial charge in [-0.15, -0.1) is 11.3 Å². The average Bonchev–Trinajstić information content (AvgIpc) is 3.08. The molecule has 0 aliphatic heterocycles. The van der Waals surface area contributed by atoms with Crippen LogP contribution in [0.15, 0.2) is 58.4 Å². The zero-order chi connectivity index (χ0) is 18.5. The normalized spacial score (nSPS) is 10.4. The van der Waals surface area contributed by atoms with Gasteiger partial charge >= 0.3 is 5.97 Å². The zero-order valence-corrected chi connectivity index (χ0v) is 16.4. The molecule has 1 amide bonds. The predicted molar refractivity (Wildman–Crippen MR) is 106 cm³/mol. The molecule has 26 heavy (non-hydrogen) atoms. The number of nitrogens with zero attached hydrogens (tertiary/aromatic N) is 1. The van der Waals surface area contributed by atoms with E-state index in [1.807, 2.05) is 29.6 Å². The second-order valence-electron chi connectivity index (χ2n) is 5.15. The average molecular weight is 452 g/mol. The van der Waals surface area contributed by atoms with Crippen LogP contribution in [0, 0.1) is 0 Å². The molecule has 0 unspecified atom stereocenters. The van der Waals surface area contributed by atoms with Crippen molar-refractivity contribution in [3.63, 3.8) is 0 Å². The van der Waals surface area contributed by atoms with Gasteiger partial charge in [0.15, 0.2) is 11.7 Å². The van der Waals surface area contributed by atoms with Crippen LogP contribution < -0.4 is 5.32 Å². The molecule has 3 aromatic rings. The molecule has 0 aliphatic rings. The van der Waals surface area contributed by atoms with Gasteiger partial charge in [0.25, 0.3) is 5.91 Å². The van der Waals surface area contributed by atoms with Crippen molar-refractivity contribution in [3.8, 4) is 11.3 Å². The lowest BCUT2D eigenvalue weighted by atomic mass is 10.2. The van der Waals surface area contributed by atoms with Crippen molar-refractivity contribution in [1.29, 1.82) is 0 Å². The van der Waals surface area contributed by atoms with Crippen molar-refractivity contribution in [1.82, 2.24) is 4.98 Å². The monoisotopic (exact) mass is 450 g/mol. The Bertz CT molecular complexity index is 961. The summed E-state index contributed by atoms with van der Waals surface area (Å²) < 4.78 is 5.93. The molecule has 1 heterocycles. The molecule has 0 saturated carbocycles. The van der Waals surface area contributed by atoms with Crippen molar-refractivity contribution in [2.75, 3.05) is 11.9 Å². The molecule has 0 bridgehead atoms. The van der Waals surface area contributed by atoms with Gasteiger partial charge in [-0.1, -0.05) is 51.8 Å². The number of esters is 1. The number of thiazole rings is 1. The number of amides is 1. The van der Waals surface area contributed by atoms with E-state index in [1.54, 1.807) is 18.2 Å². The van der Waals surface area contributed by atoms with Crippen LogP contribution in [0.5, 0.6) is 0 Å². The van der Waals surface area contributed by atoms with Gasteiger partial charge in [-0.3, -0.25) is 10.1 Å². The lowest BCUT2D eigenvalue weighted by Crippen LogP contribution is -2.21. The fourth-order valence-corrected chi connectivity index (χ4v) is 3.45. The molecule has 0 saturated heterocycles. The van der Waals surface area contributed by atoms with Crippen molar-refractivity contribution in [3.05, 3.63) is 69.0 Å². The number of benzene rings is 2. The minimum atomic E-state index is -0.653. The molecule has 2 aromatic carbocycles. The molecule has 0 fully saturated rings. The van der Waals surface area contributed by atoms with Crippen LogP contribution in [0.3, 0.4) is 0 Å². The number of carbonyl (C=O) groups is 2. The van der Waals surface area contributed by atoms with Crippen LogP contribution >= 0.6 is 38.9 Å². The fourth-order valence-electron chi connectivity index (χ4n) is 2.10. The number of ether oxygens (including phenoxy) is 1. The second kappa shape index (κ2) is 8.44. The highest BCUT2D eigenvalue weighted by Gasteiger charge is 2.14. The first kappa shape index (κ1) is 18.6. The maximum Gasteiger partial charge on any atom is 0.340 e. The van der Waals surface area contributed by atoms with E-state index in [-0.39, 0.29) is 10.6 Å². The molecule has 3 rings (SSSR count). The highest BCUT2D eigenvalue weighted by molar-refractivity contribution is 9.10. The summed E-state index contributed by atoms with van der Waals surface area (Å²) in [6, 6.07) is 14.2. The van der Waals surface area contributed by atoms with E-state index < -0.39 is 18.5 Å². The highest BCUT2D eigenvalue weighted by atomic mass is 79.9. The number of hydrogen-bond donors (Lipinski definition) is 1. The molecule has 8 heteroatoms. The molecule has 0 radical (unpaired) electrons. The van der Waals surface area contributed by atoms with Gasteiger partial charge in [0.1, 0.15) is 0 Å². The molecule has 132 valence electrons. The van der Waals surface area contributed by atoms with Gasteiger partial charge in [-0.2, -0.15) is 0 Å². The minimum absolute atomic E-state index is 0.216. The Kier molecular flexibility index (Phi) is 6.03. The summed E-state index contributed by atoms with van der Waals surface area (Å²) in [5.41, 5.74) is 1.90. The molecule has 0 spiro atoms. The third-order valence-corrected chi connectivity index (χ3v) is 4.88. The van der Waals surface area contributed by atoms with Gasteiger partial charge in [0, 0.05) is 15.4 Å². The summed E-state index contributed by atoms with van der Waals surface area (Å²) in [5, 5.41) is 5.16. The number of carbonyl (C=O) groups excluding carboxylic acids is 2. The zero-order valence-electron chi connectivity index (χ0n) is 13.2. The lowest BCUT2D eigenvalue weighted by Gasteiger charge is -2.05. The topological polar surface area (TPSA) is 68.3 Å². The maximum atomic E-state index is 12.0. The van der Waals surface area contributed by atoms with E-state index >= 15 is 0 Å². The fraction of sp³-hybridized carbons (Fsp3) is 0.0556. The van der Waals surface area contributed by atoms with Crippen LogP contribution in [0.2, 0.25) is 5.02 Å². The Hall–Kier alpha value is -2.22. The van der Waals surface area contributed by atoms with Gasteiger partial charge < -0.3 is 4.74 Å². The highest BCUT2D eigenvalue weighted by Crippen LogP contribution is 2.26. The molecular weight excluding hydrogens is 440 g/mol. The first-order chi connectivity index (χ1) is 12.5. The maximum absolute atomic E-state index is 12.0. The smallest absolute Gasteiger partial charge is 0.340 e. The van der Waals surface area contributed by atoms with Gasteiger partial charge in [-0.05, 0) is 24.3 Å². The van der Waals surface area contributed by atoms with E-state index in [0.717, 1.165) is 15.7 Å². The first-order valence-electron chi connectivity index (χ1n) is 7.46. The Labute approximate surface area is 167 Å². The van der Waals surface area contributed by atoms with Crippen LogP contribution in [-0.4, -0.2) is 23.5 Å². The van der Waals surface area contributed by atoms with Gasteiger partial charge in [-0.25, -0.2) is 9.78 Å². The summed E-state index contributed by atoms with van der Waals surface area (Å²) in [6.45, 7) is -0.421. The molecule has 5 nitrogen and oxygen atoms in total. The van der Waals surface area contributed by atoms with Crippen LogP contribution in [0.4, 0.5) is 5.13 Å². The third-order valence-electron chi connectivity index (χ3n) is 3.30. The SMILES string of the molecule is O=C(COC(=O)c1ccccc1Cl)Nc1nc(-c2cccc(Br)c2)cs1. The third kappa shape index (κ3) is 4.69. The molecular formula is C18H12BrClN2O3S. The van der Waals surface area contributed by atoms with Crippen molar-refractivity contribution in [2.45, 2.75) is 0 Å². The lowest BCUT2D eigenvalue weighted by molar-refractivity contribution is -0.119. The molecule has 1 N–H and O–H groups in total. The summed E-state index contributed by atoms with van der Waals surface area (Å²) in [4.78, 5) is 28.3. The number of anilines is 1. The second-order valence-corrected chi connectivity index (χ2v) is 7.33. The molecule has 0 aliphatic carbocycles. The summed E-state index contributed by atoms with van der Waals surface area (Å²) in [6.07, 6.45) is 0. The van der Waals surface area contributed by atoms with Crippen molar-refractivity contribution in [2.24, 2.45) is 0 Å². The first-order valence-corrected chi connectivity index (χ1v) is 9.51. The Morgan fingerprint density at radius 2 is 2.00 bits per heavy atom. The Morgan fingerprint density at radius 3 is 2.77 bits per heavy atom. The van der Waals surface area contributed by atoms with Crippen LogP contribution in [0.25, 0.3) is 11.3 Å². The van der Waals surface area contributed by atoms with E-state index in [9.17, 15) is 9.59 Å². The number of rotatable bonds is 5. The van der Waals surface area contributed by atoms with Gasteiger partial charge in [0.2, 0.25) is 0 Å². The number of nitrogens with one attached hydrogen (secondary N) is 1. The Morgan fingerprint density at radius 1 is 1.19 bits per heavy atom. The van der Waals surface area contributed by atoms with Crippen molar-refractivity contribution >= 4 is 55.9 Å². The van der Waals surface area contributed by atoms with E-state index in [4.69, 9.17) is 16.3 Å². The molecule has 1 aromatic heterocycles. The van der Waals surface area contributed by atoms with E-state index in [0.29, 0.717) is 5.13 Å². The Balaban J connectivity index is 1.57. The number of halogens is 2. The van der Waals surface area contributed by atoms with E-state index in [2.05, 4.69) is 26.2 Å². The standard InChI is InChI=1S/C18H12BrClN2O3S/c19-12-5-3-4-11(8-12)15-10-26-18(21-15)22-16(23)9-25-17(24)13-6-1-2-7-14(13)20/h1-8,10H,9H2,(H,21,22,23). The number of hydrogen-bond acceptors (Lipinski definition) is 5. The largest absolute Gasteiger partial charge is 0.452 e. The van der Waals surface area contributed by atoms with Gasteiger partial charge in [0.05, 0.1) is 16.3 Å². The van der Waals surface area contributed by atoms with Crippen LogP contribution in [-0.2, 0) is 9.53 Å². The molecule has 0 atom stereocenters. The quantitative estimate of drug-likeness (QED) is 0.553. The number of aromatic nitrogens is 1.